The molecule has 2 aliphatic rings. The highest BCUT2D eigenvalue weighted by Gasteiger charge is 2.53. The second kappa shape index (κ2) is 12.9. The molecule has 3 heterocycles. The van der Waals surface area contributed by atoms with Gasteiger partial charge in [-0.2, -0.15) is 0 Å². The zero-order chi connectivity index (χ0) is 31.8. The minimum Gasteiger partial charge on any atom is -0.412 e. The molecule has 1 aromatic heterocycles. The van der Waals surface area contributed by atoms with Crippen LogP contribution in [0.4, 0.5) is 0 Å². The van der Waals surface area contributed by atoms with Crippen LogP contribution in [0.25, 0.3) is 6.08 Å². The normalized spacial score (nSPS) is 34.1. The zero-order valence-electron chi connectivity index (χ0n) is 28.1. The highest BCUT2D eigenvalue weighted by molar-refractivity contribution is 7.09. The van der Waals surface area contributed by atoms with Crippen LogP contribution in [-0.2, 0) is 18.8 Å². The van der Waals surface area contributed by atoms with Crippen molar-refractivity contribution in [3.63, 3.8) is 0 Å². The molecule has 9 heteroatoms. The average molecular weight is 621 g/mol. The van der Waals surface area contributed by atoms with Gasteiger partial charge >= 0.3 is 0 Å². The average Bonchev–Trinajstić information content (AvgIpc) is 3.31. The third-order valence-corrected chi connectivity index (χ3v) is 15.6. The van der Waals surface area contributed by atoms with Gasteiger partial charge in [0, 0.05) is 23.1 Å². The summed E-state index contributed by atoms with van der Waals surface area (Å²) >= 11 is 1.61. The Bertz CT molecular complexity index is 1160. The maximum atomic E-state index is 14.1. The summed E-state index contributed by atoms with van der Waals surface area (Å²) in [7, 11) is -2.35. The van der Waals surface area contributed by atoms with E-state index in [1.54, 1.807) is 11.3 Å². The highest BCUT2D eigenvalue weighted by atomic mass is 32.1. The van der Waals surface area contributed by atoms with Crippen molar-refractivity contribution in [3.05, 3.63) is 21.7 Å². The number of amides is 1. The van der Waals surface area contributed by atoms with E-state index in [0.29, 0.717) is 6.42 Å². The Balaban J connectivity index is 2.00. The summed E-state index contributed by atoms with van der Waals surface area (Å²) in [6.45, 7) is 24.6. The Morgan fingerprint density at radius 3 is 2.45 bits per heavy atom. The number of carbonyl (C=O) groups is 2. The zero-order valence-corrected chi connectivity index (χ0v) is 29.9. The van der Waals surface area contributed by atoms with Gasteiger partial charge in [0.15, 0.2) is 8.32 Å². The molecular formula is C33H56N2O5SSi. The van der Waals surface area contributed by atoms with Crippen molar-refractivity contribution in [2.45, 2.75) is 149 Å². The fourth-order valence-corrected chi connectivity index (χ4v) is 7.91. The lowest BCUT2D eigenvalue weighted by molar-refractivity contribution is -0.142. The Kier molecular flexibility index (Phi) is 10.8. The molecular weight excluding hydrogens is 565 g/mol. The summed E-state index contributed by atoms with van der Waals surface area (Å²) in [4.78, 5) is 32.5. The largest absolute Gasteiger partial charge is 0.412 e. The van der Waals surface area contributed by atoms with Crippen LogP contribution in [0, 0.1) is 24.2 Å². The molecule has 238 valence electrons. The minimum atomic E-state index is -2.35. The molecule has 7 atom stereocenters. The molecule has 2 N–H and O–H groups in total. The summed E-state index contributed by atoms with van der Waals surface area (Å²) in [5.41, 5.74) is 0.693. The lowest BCUT2D eigenvalue weighted by Gasteiger charge is -2.44. The number of aromatic nitrogens is 1. The van der Waals surface area contributed by atoms with Gasteiger partial charge in [-0.05, 0) is 69.3 Å². The molecule has 0 saturated carbocycles. The van der Waals surface area contributed by atoms with E-state index in [1.807, 2.05) is 53.0 Å². The third-order valence-electron chi connectivity index (χ3n) is 10.3. The van der Waals surface area contributed by atoms with Crippen molar-refractivity contribution < 1.29 is 23.9 Å². The van der Waals surface area contributed by atoms with E-state index in [2.05, 4.69) is 51.1 Å². The van der Waals surface area contributed by atoms with Gasteiger partial charge in [-0.3, -0.25) is 9.59 Å². The number of aliphatic hydroxyl groups excluding tert-OH is 1. The molecule has 2 aliphatic heterocycles. The van der Waals surface area contributed by atoms with Gasteiger partial charge in [0.05, 0.1) is 47.1 Å². The molecule has 2 saturated heterocycles. The predicted molar refractivity (Wildman–Crippen MR) is 174 cm³/mol. The summed E-state index contributed by atoms with van der Waals surface area (Å²) in [5.74, 6) is -0.815. The Hall–Kier alpha value is -1.39. The number of aliphatic hydroxyl groups is 1. The molecule has 0 bridgehead atoms. The molecule has 0 aliphatic carbocycles. The number of carbonyl (C=O) groups excluding carboxylic acids is 2. The number of hydrogen-bond acceptors (Lipinski definition) is 7. The molecule has 0 aromatic carbocycles. The first-order valence-electron chi connectivity index (χ1n) is 15.7. The van der Waals surface area contributed by atoms with Crippen molar-refractivity contribution in [1.29, 1.82) is 0 Å². The van der Waals surface area contributed by atoms with E-state index in [1.165, 1.54) is 0 Å². The monoisotopic (exact) mass is 620 g/mol. The second-order valence-electron chi connectivity index (χ2n) is 15.3. The minimum absolute atomic E-state index is 0.0315. The number of thiazole rings is 1. The molecule has 3 rings (SSSR count). The van der Waals surface area contributed by atoms with E-state index >= 15 is 0 Å². The number of nitrogens with zero attached hydrogens (tertiary/aromatic N) is 1. The van der Waals surface area contributed by atoms with Crippen LogP contribution in [0.2, 0.25) is 18.1 Å². The van der Waals surface area contributed by atoms with E-state index in [9.17, 15) is 14.7 Å². The van der Waals surface area contributed by atoms with E-state index in [4.69, 9.17) is 9.16 Å². The quantitative estimate of drug-likeness (QED) is 0.276. The van der Waals surface area contributed by atoms with Crippen LogP contribution in [0.5, 0.6) is 0 Å². The molecule has 0 unspecified atom stereocenters. The molecule has 0 spiro atoms. The van der Waals surface area contributed by atoms with Gasteiger partial charge in [0.1, 0.15) is 5.78 Å². The molecule has 42 heavy (non-hydrogen) atoms. The van der Waals surface area contributed by atoms with E-state index < -0.39 is 31.9 Å². The van der Waals surface area contributed by atoms with Crippen LogP contribution in [0.1, 0.15) is 105 Å². The van der Waals surface area contributed by atoms with Gasteiger partial charge in [-0.15, -0.1) is 11.3 Å². The topological polar surface area (TPSA) is 101 Å². The maximum Gasteiger partial charge on any atom is 0.223 e. The van der Waals surface area contributed by atoms with E-state index in [0.717, 1.165) is 35.5 Å². The fraction of sp³-hybridized carbons (Fsp3) is 0.788. The number of ketones is 1. The summed E-state index contributed by atoms with van der Waals surface area (Å²) in [5, 5.41) is 17.5. The van der Waals surface area contributed by atoms with Crippen LogP contribution < -0.4 is 5.32 Å². The standard InChI is InChI=1S/C33H56N2O5SSi/c1-20-14-13-15-33(10)27(39-33)17-25(21(2)16-24-19-41-23(4)34-24)35-28(36)18-26(40-42(11,12)31(5,6)7)32(8,9)30(38)22(3)29(20)37/h16,19-20,22,25-27,29,37H,13-15,17-18H2,1-12H3,(H,35,36)/b21-16+/t20-,22+,25-,26-,27-,29-,33+/m0/s1. The van der Waals surface area contributed by atoms with Crippen LogP contribution in [0.3, 0.4) is 0 Å². The number of rotatable bonds is 4. The number of ether oxygens (including phenoxy) is 1. The van der Waals surface area contributed by atoms with Crippen molar-refractivity contribution >= 4 is 37.4 Å². The molecule has 2 fully saturated rings. The lowest BCUT2D eigenvalue weighted by atomic mass is 9.72. The number of fused-ring (bicyclic) bond motifs is 1. The summed E-state index contributed by atoms with van der Waals surface area (Å²) in [6, 6.07) is -0.230. The molecule has 1 aromatic rings. The Labute approximate surface area is 259 Å². The number of Topliss-reactive ketones (excluding diaryl/α,β-unsaturated/α-hetero) is 1. The predicted octanol–water partition coefficient (Wildman–Crippen LogP) is 7.08. The van der Waals surface area contributed by atoms with Crippen LogP contribution in [-0.4, -0.2) is 60.1 Å². The highest BCUT2D eigenvalue weighted by Crippen LogP contribution is 2.45. The van der Waals surface area contributed by atoms with Gasteiger partial charge < -0.3 is 19.6 Å². The summed E-state index contributed by atoms with van der Waals surface area (Å²) in [6.07, 6.45) is 4.01. The summed E-state index contributed by atoms with van der Waals surface area (Å²) < 4.78 is 13.1. The first kappa shape index (κ1) is 35.1. The van der Waals surface area contributed by atoms with Crippen LogP contribution in [0.15, 0.2) is 11.0 Å². The second-order valence-corrected chi connectivity index (χ2v) is 21.1. The number of aryl methyl sites for hydroxylation is 1. The SMILES string of the molecule is C/C(=C\c1csc(C)n1)[C@@H]1C[C@@H]2O[C@]2(C)CCC[C@H](C)[C@H](O)[C@@H](C)C(=O)C(C)(C)[C@@H](O[Si](C)(C)C(C)(C)C)CC(=O)N1. The molecule has 7 nitrogen and oxygen atoms in total. The van der Waals surface area contributed by atoms with Crippen molar-refractivity contribution in [2.24, 2.45) is 17.3 Å². The van der Waals surface area contributed by atoms with Crippen molar-refractivity contribution in [3.8, 4) is 0 Å². The fourth-order valence-electron chi connectivity index (χ4n) is 5.90. The lowest BCUT2D eigenvalue weighted by Crippen LogP contribution is -2.53. The van der Waals surface area contributed by atoms with Crippen molar-refractivity contribution in [1.82, 2.24) is 10.3 Å². The smallest absolute Gasteiger partial charge is 0.223 e. The van der Waals surface area contributed by atoms with Gasteiger partial charge in [-0.25, -0.2) is 4.98 Å². The number of nitrogens with one attached hydrogen (secondary N) is 1. The first-order chi connectivity index (χ1) is 19.2. The third kappa shape index (κ3) is 8.20. The van der Waals surface area contributed by atoms with Crippen molar-refractivity contribution in [2.75, 3.05) is 0 Å². The van der Waals surface area contributed by atoms with Gasteiger partial charge in [0.25, 0.3) is 0 Å². The van der Waals surface area contributed by atoms with Gasteiger partial charge in [-0.1, -0.05) is 54.9 Å². The van der Waals surface area contributed by atoms with Gasteiger partial charge in [0.2, 0.25) is 5.91 Å². The molecule has 0 radical (unpaired) electrons. The van der Waals surface area contributed by atoms with Crippen LogP contribution >= 0.6 is 11.3 Å². The number of hydrogen-bond donors (Lipinski definition) is 2. The Morgan fingerprint density at radius 2 is 1.88 bits per heavy atom. The van der Waals surface area contributed by atoms with E-state index in [-0.39, 0.29) is 46.8 Å². The molecule has 1 amide bonds. The first-order valence-corrected chi connectivity index (χ1v) is 19.4. The number of epoxide rings is 1. The Morgan fingerprint density at radius 1 is 1.24 bits per heavy atom. The maximum absolute atomic E-state index is 14.1.